The highest BCUT2D eigenvalue weighted by Crippen LogP contribution is 2.23. The van der Waals surface area contributed by atoms with Gasteiger partial charge in [0.2, 0.25) is 0 Å². The van der Waals surface area contributed by atoms with Crippen molar-refractivity contribution in [3.05, 3.63) is 52.9 Å². The Hall–Kier alpha value is -2.14. The quantitative estimate of drug-likeness (QED) is 0.879. The predicted octanol–water partition coefficient (Wildman–Crippen LogP) is 3.95. The van der Waals surface area contributed by atoms with E-state index in [9.17, 15) is 9.18 Å². The smallest absolute Gasteiger partial charge is 0.257 e. The molecule has 0 aliphatic heterocycles. The lowest BCUT2D eigenvalue weighted by Gasteiger charge is -2.08. The van der Waals surface area contributed by atoms with Crippen LogP contribution in [0.3, 0.4) is 0 Å². The van der Waals surface area contributed by atoms with E-state index < -0.39 is 11.7 Å². The van der Waals surface area contributed by atoms with Crippen molar-refractivity contribution in [2.45, 2.75) is 13.3 Å². The molecule has 0 fully saturated rings. The topological polar surface area (TPSA) is 54.0 Å². The molecule has 2 aromatic rings. The molecule has 0 aliphatic rings. The monoisotopic (exact) mass is 307 g/mol. The SMILES string of the molecule is CCCNc1ccc(C(=O)Nc2cc(F)ccc2Cl)cn1. The van der Waals surface area contributed by atoms with Gasteiger partial charge in [-0.3, -0.25) is 4.79 Å². The van der Waals surface area contributed by atoms with Crippen molar-refractivity contribution in [2.24, 2.45) is 0 Å². The van der Waals surface area contributed by atoms with E-state index in [1.54, 1.807) is 12.1 Å². The second kappa shape index (κ2) is 7.04. The van der Waals surface area contributed by atoms with Crippen LogP contribution in [0.15, 0.2) is 36.5 Å². The maximum atomic E-state index is 13.1. The van der Waals surface area contributed by atoms with Gasteiger partial charge in [0.1, 0.15) is 11.6 Å². The van der Waals surface area contributed by atoms with Gasteiger partial charge in [-0.25, -0.2) is 9.37 Å². The van der Waals surface area contributed by atoms with E-state index in [4.69, 9.17) is 11.6 Å². The Morgan fingerprint density at radius 2 is 2.14 bits per heavy atom. The van der Waals surface area contributed by atoms with E-state index >= 15 is 0 Å². The number of nitrogens with zero attached hydrogens (tertiary/aromatic N) is 1. The van der Waals surface area contributed by atoms with Gasteiger partial charge in [0, 0.05) is 12.7 Å². The molecule has 0 saturated heterocycles. The van der Waals surface area contributed by atoms with Gasteiger partial charge in [0.05, 0.1) is 16.3 Å². The van der Waals surface area contributed by atoms with Crippen molar-refractivity contribution < 1.29 is 9.18 Å². The standard InChI is InChI=1S/C15H15ClFN3O/c1-2-7-18-14-6-3-10(9-19-14)15(21)20-13-8-11(17)4-5-12(13)16/h3-6,8-9H,2,7H2,1H3,(H,18,19)(H,20,21). The summed E-state index contributed by atoms with van der Waals surface area (Å²) < 4.78 is 13.1. The number of carbonyl (C=O) groups is 1. The minimum atomic E-state index is -0.466. The molecule has 2 N–H and O–H groups in total. The molecule has 1 heterocycles. The number of hydrogen-bond acceptors (Lipinski definition) is 3. The van der Waals surface area contributed by atoms with Gasteiger partial charge in [-0.1, -0.05) is 18.5 Å². The van der Waals surface area contributed by atoms with Crippen molar-refractivity contribution in [1.29, 1.82) is 0 Å². The highest BCUT2D eigenvalue weighted by molar-refractivity contribution is 6.33. The lowest BCUT2D eigenvalue weighted by molar-refractivity contribution is 0.102. The van der Waals surface area contributed by atoms with Crippen molar-refractivity contribution in [3.8, 4) is 0 Å². The zero-order valence-corrected chi connectivity index (χ0v) is 12.2. The molecule has 0 radical (unpaired) electrons. The number of rotatable bonds is 5. The Labute approximate surface area is 127 Å². The molecular formula is C15H15ClFN3O. The van der Waals surface area contributed by atoms with E-state index in [-0.39, 0.29) is 10.7 Å². The van der Waals surface area contributed by atoms with Gasteiger partial charge in [-0.15, -0.1) is 0 Å². The minimum Gasteiger partial charge on any atom is -0.370 e. The van der Waals surface area contributed by atoms with E-state index in [2.05, 4.69) is 22.5 Å². The summed E-state index contributed by atoms with van der Waals surface area (Å²) >= 11 is 5.90. The molecule has 6 heteroatoms. The normalized spacial score (nSPS) is 10.2. The van der Waals surface area contributed by atoms with Crippen LogP contribution in [0.25, 0.3) is 0 Å². The highest BCUT2D eigenvalue weighted by Gasteiger charge is 2.10. The maximum absolute atomic E-state index is 13.1. The summed E-state index contributed by atoms with van der Waals surface area (Å²) in [7, 11) is 0. The summed E-state index contributed by atoms with van der Waals surface area (Å²) in [6, 6.07) is 7.16. The van der Waals surface area contributed by atoms with Crippen molar-refractivity contribution >= 4 is 29.0 Å². The molecule has 4 nitrogen and oxygen atoms in total. The molecule has 2 rings (SSSR count). The third-order valence-corrected chi connectivity index (χ3v) is 3.09. The van der Waals surface area contributed by atoms with Crippen molar-refractivity contribution in [3.63, 3.8) is 0 Å². The van der Waals surface area contributed by atoms with Crippen LogP contribution < -0.4 is 10.6 Å². The molecule has 0 bridgehead atoms. The number of aromatic nitrogens is 1. The number of benzene rings is 1. The van der Waals surface area contributed by atoms with Gasteiger partial charge in [-0.2, -0.15) is 0 Å². The Balaban J connectivity index is 2.07. The lowest BCUT2D eigenvalue weighted by Crippen LogP contribution is -2.13. The third kappa shape index (κ3) is 4.16. The molecule has 1 aromatic carbocycles. The fraction of sp³-hybridized carbons (Fsp3) is 0.200. The van der Waals surface area contributed by atoms with Gasteiger partial charge in [0.25, 0.3) is 5.91 Å². The average Bonchev–Trinajstić information content (AvgIpc) is 2.49. The Morgan fingerprint density at radius 3 is 2.81 bits per heavy atom. The zero-order chi connectivity index (χ0) is 15.2. The molecule has 1 amide bonds. The van der Waals surface area contributed by atoms with Crippen LogP contribution in [0.5, 0.6) is 0 Å². The molecule has 1 aromatic heterocycles. The summed E-state index contributed by atoms with van der Waals surface area (Å²) in [6.45, 7) is 2.87. The van der Waals surface area contributed by atoms with Gasteiger partial charge in [0.15, 0.2) is 0 Å². The number of anilines is 2. The van der Waals surface area contributed by atoms with E-state index in [0.29, 0.717) is 11.4 Å². The molecule has 0 atom stereocenters. The van der Waals surface area contributed by atoms with Crippen LogP contribution in [0.1, 0.15) is 23.7 Å². The Morgan fingerprint density at radius 1 is 1.33 bits per heavy atom. The van der Waals surface area contributed by atoms with Gasteiger partial charge in [-0.05, 0) is 36.8 Å². The molecule has 0 unspecified atom stereocenters. The largest absolute Gasteiger partial charge is 0.370 e. The lowest BCUT2D eigenvalue weighted by atomic mass is 10.2. The predicted molar refractivity (Wildman–Crippen MR) is 82.4 cm³/mol. The van der Waals surface area contributed by atoms with Crippen LogP contribution in [0, 0.1) is 5.82 Å². The molecule has 21 heavy (non-hydrogen) atoms. The van der Waals surface area contributed by atoms with Crippen LogP contribution in [-0.4, -0.2) is 17.4 Å². The number of nitrogens with one attached hydrogen (secondary N) is 2. The summed E-state index contributed by atoms with van der Waals surface area (Å²) in [4.78, 5) is 16.2. The first-order valence-corrected chi connectivity index (χ1v) is 6.94. The van der Waals surface area contributed by atoms with E-state index in [1.165, 1.54) is 24.4 Å². The molecule has 0 aliphatic carbocycles. The fourth-order valence-electron chi connectivity index (χ4n) is 1.67. The van der Waals surface area contributed by atoms with Crippen molar-refractivity contribution in [1.82, 2.24) is 4.98 Å². The molecule has 0 saturated carbocycles. The summed E-state index contributed by atoms with van der Waals surface area (Å²) in [5.41, 5.74) is 0.604. The summed E-state index contributed by atoms with van der Waals surface area (Å²) in [6.07, 6.45) is 2.45. The highest BCUT2D eigenvalue weighted by atomic mass is 35.5. The Kier molecular flexibility index (Phi) is 5.11. The average molecular weight is 308 g/mol. The first kappa shape index (κ1) is 15.3. The van der Waals surface area contributed by atoms with Crippen LogP contribution in [0.4, 0.5) is 15.9 Å². The number of amides is 1. The second-order valence-electron chi connectivity index (χ2n) is 4.44. The first-order valence-electron chi connectivity index (χ1n) is 6.56. The molecule has 0 spiro atoms. The van der Waals surface area contributed by atoms with Gasteiger partial charge >= 0.3 is 0 Å². The van der Waals surface area contributed by atoms with Crippen LogP contribution >= 0.6 is 11.6 Å². The first-order chi connectivity index (χ1) is 10.1. The number of halogens is 2. The maximum Gasteiger partial charge on any atom is 0.257 e. The Bertz CT molecular complexity index is 631. The fourth-order valence-corrected chi connectivity index (χ4v) is 1.84. The molecular weight excluding hydrogens is 293 g/mol. The second-order valence-corrected chi connectivity index (χ2v) is 4.84. The zero-order valence-electron chi connectivity index (χ0n) is 11.5. The number of pyridine rings is 1. The van der Waals surface area contributed by atoms with Crippen molar-refractivity contribution in [2.75, 3.05) is 17.2 Å². The van der Waals surface area contributed by atoms with Crippen LogP contribution in [-0.2, 0) is 0 Å². The number of hydrogen-bond donors (Lipinski definition) is 2. The molecule has 110 valence electrons. The van der Waals surface area contributed by atoms with Crippen LogP contribution in [0.2, 0.25) is 5.02 Å². The minimum absolute atomic E-state index is 0.231. The number of carbonyl (C=O) groups excluding carboxylic acids is 1. The third-order valence-electron chi connectivity index (χ3n) is 2.76. The van der Waals surface area contributed by atoms with E-state index in [1.807, 2.05) is 0 Å². The van der Waals surface area contributed by atoms with E-state index in [0.717, 1.165) is 13.0 Å². The summed E-state index contributed by atoms with van der Waals surface area (Å²) in [5, 5.41) is 5.95. The summed E-state index contributed by atoms with van der Waals surface area (Å²) in [5.74, 6) is -0.152. The van der Waals surface area contributed by atoms with Gasteiger partial charge < -0.3 is 10.6 Å².